The first-order valence-electron chi connectivity index (χ1n) is 8.07. The number of amides is 2. The first-order chi connectivity index (χ1) is 12.4. The van der Waals surface area contributed by atoms with Crippen LogP contribution in [-0.2, 0) is 4.79 Å². The van der Waals surface area contributed by atoms with Crippen molar-refractivity contribution in [1.29, 1.82) is 0 Å². The molecule has 0 spiro atoms. The number of nitrogens with zero attached hydrogens (tertiary/aromatic N) is 1. The zero-order valence-corrected chi connectivity index (χ0v) is 15.5. The number of hydrogen-bond donors (Lipinski definition) is 1. The van der Waals surface area contributed by atoms with E-state index in [1.165, 1.54) is 11.0 Å². The van der Waals surface area contributed by atoms with Gasteiger partial charge in [-0.2, -0.15) is 0 Å². The molecule has 136 valence electrons. The molecular formula is C19H19ClN2O4. The van der Waals surface area contributed by atoms with E-state index in [9.17, 15) is 9.59 Å². The number of para-hydroxylation sites is 1. The molecule has 6 nitrogen and oxygen atoms in total. The Morgan fingerprint density at radius 3 is 2.58 bits per heavy atom. The van der Waals surface area contributed by atoms with Crippen molar-refractivity contribution in [2.75, 3.05) is 25.7 Å². The lowest BCUT2D eigenvalue weighted by Gasteiger charge is -2.18. The van der Waals surface area contributed by atoms with Crippen LogP contribution in [-0.4, -0.2) is 37.1 Å². The number of benzene rings is 2. The summed E-state index contributed by atoms with van der Waals surface area (Å²) in [6.07, 6.45) is 0. The number of likely N-dealkylation sites (N-methyl/N-ethyl adjacent to an activating group) is 1. The quantitative estimate of drug-likeness (QED) is 0.890. The van der Waals surface area contributed by atoms with E-state index in [1.54, 1.807) is 13.1 Å². The van der Waals surface area contributed by atoms with E-state index >= 15 is 0 Å². The molecule has 1 aliphatic rings. The average Bonchev–Trinajstić information content (AvgIpc) is 3.06. The summed E-state index contributed by atoms with van der Waals surface area (Å²) in [5.74, 6) is 0.250. The number of nitrogens with one attached hydrogen (secondary N) is 1. The predicted molar refractivity (Wildman–Crippen MR) is 99.1 cm³/mol. The van der Waals surface area contributed by atoms with E-state index in [1.807, 2.05) is 32.0 Å². The molecule has 0 bridgehead atoms. The van der Waals surface area contributed by atoms with E-state index in [2.05, 4.69) is 5.32 Å². The summed E-state index contributed by atoms with van der Waals surface area (Å²) in [6.45, 7) is 3.83. The van der Waals surface area contributed by atoms with Crippen LogP contribution in [0.3, 0.4) is 0 Å². The van der Waals surface area contributed by atoms with E-state index in [0.717, 1.165) is 16.8 Å². The molecule has 0 saturated heterocycles. The second-order valence-electron chi connectivity index (χ2n) is 6.17. The summed E-state index contributed by atoms with van der Waals surface area (Å²) < 4.78 is 10.5. The predicted octanol–water partition coefficient (Wildman–Crippen LogP) is 3.40. The van der Waals surface area contributed by atoms with Crippen molar-refractivity contribution in [1.82, 2.24) is 4.90 Å². The fourth-order valence-corrected chi connectivity index (χ4v) is 3.05. The molecule has 2 aromatic rings. The molecule has 1 heterocycles. The zero-order valence-electron chi connectivity index (χ0n) is 14.8. The summed E-state index contributed by atoms with van der Waals surface area (Å²) in [5, 5.41) is 3.17. The maximum atomic E-state index is 12.6. The number of ether oxygens (including phenoxy) is 2. The fraction of sp³-hybridized carbons (Fsp3) is 0.263. The third kappa shape index (κ3) is 3.60. The summed E-state index contributed by atoms with van der Waals surface area (Å²) >= 11 is 6.12. The van der Waals surface area contributed by atoms with Gasteiger partial charge in [-0.05, 0) is 37.1 Å². The molecule has 2 aromatic carbocycles. The van der Waals surface area contributed by atoms with Gasteiger partial charge < -0.3 is 19.7 Å². The molecule has 0 radical (unpaired) electrons. The van der Waals surface area contributed by atoms with Crippen molar-refractivity contribution in [3.05, 3.63) is 52.0 Å². The monoisotopic (exact) mass is 374 g/mol. The van der Waals surface area contributed by atoms with Gasteiger partial charge in [0.15, 0.2) is 11.5 Å². The number of rotatable bonds is 4. The van der Waals surface area contributed by atoms with Crippen LogP contribution in [0.15, 0.2) is 30.3 Å². The number of fused-ring (bicyclic) bond motifs is 1. The molecule has 3 rings (SSSR count). The Hall–Kier alpha value is -2.73. The maximum Gasteiger partial charge on any atom is 0.254 e. The lowest BCUT2D eigenvalue weighted by Crippen LogP contribution is -2.35. The van der Waals surface area contributed by atoms with Gasteiger partial charge in [0.1, 0.15) is 0 Å². The number of hydrogen-bond acceptors (Lipinski definition) is 4. The summed E-state index contributed by atoms with van der Waals surface area (Å²) in [5.41, 5.74) is 3.04. The Morgan fingerprint density at radius 1 is 1.19 bits per heavy atom. The molecule has 0 atom stereocenters. The number of aryl methyl sites for hydroxylation is 2. The third-order valence-electron chi connectivity index (χ3n) is 4.15. The van der Waals surface area contributed by atoms with E-state index in [-0.39, 0.29) is 25.2 Å². The Balaban J connectivity index is 1.70. The highest BCUT2D eigenvalue weighted by molar-refractivity contribution is 6.32. The van der Waals surface area contributed by atoms with Crippen LogP contribution in [0.2, 0.25) is 5.02 Å². The number of halogens is 1. The van der Waals surface area contributed by atoms with Crippen LogP contribution in [0.5, 0.6) is 11.5 Å². The Kier molecular flexibility index (Phi) is 5.04. The lowest BCUT2D eigenvalue weighted by atomic mass is 10.1. The zero-order chi connectivity index (χ0) is 18.8. The molecule has 0 aromatic heterocycles. The Labute approximate surface area is 156 Å². The summed E-state index contributed by atoms with van der Waals surface area (Å²) in [6, 6.07) is 8.85. The van der Waals surface area contributed by atoms with Crippen LogP contribution >= 0.6 is 11.6 Å². The first kappa shape index (κ1) is 18.1. The largest absolute Gasteiger partial charge is 0.454 e. The molecule has 1 aliphatic heterocycles. The van der Waals surface area contributed by atoms with Crippen LogP contribution in [0.25, 0.3) is 0 Å². The fourth-order valence-electron chi connectivity index (χ4n) is 2.79. The molecule has 1 N–H and O–H groups in total. The van der Waals surface area contributed by atoms with Gasteiger partial charge in [0, 0.05) is 18.3 Å². The topological polar surface area (TPSA) is 67.9 Å². The van der Waals surface area contributed by atoms with Gasteiger partial charge in [-0.3, -0.25) is 9.59 Å². The van der Waals surface area contributed by atoms with Gasteiger partial charge in [-0.15, -0.1) is 0 Å². The van der Waals surface area contributed by atoms with Crippen molar-refractivity contribution < 1.29 is 19.1 Å². The van der Waals surface area contributed by atoms with E-state index in [0.29, 0.717) is 22.1 Å². The molecule has 0 aliphatic carbocycles. The van der Waals surface area contributed by atoms with Gasteiger partial charge in [-0.1, -0.05) is 29.8 Å². The number of anilines is 1. The number of carbonyl (C=O) groups is 2. The highest BCUT2D eigenvalue weighted by Gasteiger charge is 2.23. The van der Waals surface area contributed by atoms with Crippen LogP contribution in [0.1, 0.15) is 21.5 Å². The lowest BCUT2D eigenvalue weighted by molar-refractivity contribution is -0.116. The average molecular weight is 375 g/mol. The van der Waals surface area contributed by atoms with E-state index < -0.39 is 0 Å². The van der Waals surface area contributed by atoms with Gasteiger partial charge in [0.2, 0.25) is 12.7 Å². The molecule has 0 fully saturated rings. The van der Waals surface area contributed by atoms with Crippen molar-refractivity contribution in [3.63, 3.8) is 0 Å². The Morgan fingerprint density at radius 2 is 1.88 bits per heavy atom. The minimum absolute atomic E-state index is 0.0702. The van der Waals surface area contributed by atoms with Gasteiger partial charge in [0.05, 0.1) is 11.6 Å². The van der Waals surface area contributed by atoms with Crippen LogP contribution in [0.4, 0.5) is 5.69 Å². The van der Waals surface area contributed by atoms with Gasteiger partial charge >= 0.3 is 0 Å². The second kappa shape index (κ2) is 7.25. The van der Waals surface area contributed by atoms with Crippen LogP contribution < -0.4 is 14.8 Å². The summed E-state index contributed by atoms with van der Waals surface area (Å²) in [4.78, 5) is 26.3. The van der Waals surface area contributed by atoms with Crippen molar-refractivity contribution in [2.24, 2.45) is 0 Å². The van der Waals surface area contributed by atoms with E-state index in [4.69, 9.17) is 21.1 Å². The van der Waals surface area contributed by atoms with Gasteiger partial charge in [-0.25, -0.2) is 0 Å². The minimum Gasteiger partial charge on any atom is -0.454 e. The third-order valence-corrected chi connectivity index (χ3v) is 4.43. The summed E-state index contributed by atoms with van der Waals surface area (Å²) in [7, 11) is 1.56. The molecule has 7 heteroatoms. The molecule has 26 heavy (non-hydrogen) atoms. The smallest absolute Gasteiger partial charge is 0.254 e. The highest BCUT2D eigenvalue weighted by atomic mass is 35.5. The van der Waals surface area contributed by atoms with Crippen molar-refractivity contribution >= 4 is 29.1 Å². The van der Waals surface area contributed by atoms with Crippen LogP contribution in [0, 0.1) is 13.8 Å². The number of carbonyl (C=O) groups excluding carboxylic acids is 2. The second-order valence-corrected chi connectivity index (χ2v) is 6.58. The molecule has 2 amide bonds. The maximum absolute atomic E-state index is 12.6. The first-order valence-corrected chi connectivity index (χ1v) is 8.45. The SMILES string of the molecule is Cc1cccc(C)c1NC(=O)CN(C)C(=O)c1cc(Cl)c2c(c1)OCO2. The highest BCUT2D eigenvalue weighted by Crippen LogP contribution is 2.39. The normalized spacial score (nSPS) is 12.0. The Bertz CT molecular complexity index is 862. The molecule has 0 unspecified atom stereocenters. The minimum atomic E-state index is -0.332. The van der Waals surface area contributed by atoms with Gasteiger partial charge in [0.25, 0.3) is 5.91 Å². The molecule has 0 saturated carbocycles. The standard InChI is InChI=1S/C19H19ClN2O4/c1-11-5-4-6-12(2)17(11)21-16(23)9-22(3)19(24)13-7-14(20)18-15(8-13)25-10-26-18/h4-8H,9-10H2,1-3H3,(H,21,23). The van der Waals surface area contributed by atoms with Crippen molar-refractivity contribution in [3.8, 4) is 11.5 Å². The van der Waals surface area contributed by atoms with Crippen molar-refractivity contribution in [2.45, 2.75) is 13.8 Å². The molecular weight excluding hydrogens is 356 g/mol.